The number of anilines is 3. The van der Waals surface area contributed by atoms with Crippen molar-refractivity contribution in [3.8, 4) is 11.3 Å². The summed E-state index contributed by atoms with van der Waals surface area (Å²) in [6.45, 7) is 5.44. The van der Waals surface area contributed by atoms with E-state index in [1.807, 2.05) is 6.07 Å². The second-order valence-electron chi connectivity index (χ2n) is 7.43. The fraction of sp³-hybridized carbons (Fsp3) is 0.304. The summed E-state index contributed by atoms with van der Waals surface area (Å²) in [5, 5.41) is 0. The van der Waals surface area contributed by atoms with Crippen LogP contribution in [0.2, 0.25) is 0 Å². The van der Waals surface area contributed by atoms with E-state index in [9.17, 15) is 0 Å². The molecule has 1 aromatic heterocycles. The Kier molecular flexibility index (Phi) is 4.45. The molecule has 2 aliphatic rings. The van der Waals surface area contributed by atoms with Crippen molar-refractivity contribution < 1.29 is 4.74 Å². The van der Waals surface area contributed by atoms with E-state index < -0.39 is 0 Å². The lowest BCUT2D eigenvalue weighted by Gasteiger charge is -2.30. The first kappa shape index (κ1) is 17.2. The van der Waals surface area contributed by atoms with Crippen LogP contribution in [-0.4, -0.2) is 42.3 Å². The Balaban J connectivity index is 1.63. The smallest absolute Gasteiger partial charge is 0.232 e. The molecule has 2 aromatic carbocycles. The highest BCUT2D eigenvalue weighted by atomic mass is 16.5. The van der Waals surface area contributed by atoms with Gasteiger partial charge in [-0.1, -0.05) is 48.5 Å². The van der Waals surface area contributed by atoms with Crippen molar-refractivity contribution in [2.24, 2.45) is 0 Å². The lowest BCUT2D eigenvalue weighted by atomic mass is 10.1. The lowest BCUT2D eigenvalue weighted by molar-refractivity contribution is 0.122. The van der Waals surface area contributed by atoms with Gasteiger partial charge in [0, 0.05) is 36.4 Å². The van der Waals surface area contributed by atoms with Gasteiger partial charge in [0.25, 0.3) is 0 Å². The highest BCUT2D eigenvalue weighted by molar-refractivity contribution is 5.71. The average Bonchev–Trinajstić information content (AvgIpc) is 3.10. The molecule has 3 aromatic rings. The van der Waals surface area contributed by atoms with Gasteiger partial charge in [0.05, 0.1) is 18.9 Å². The molecule has 28 heavy (non-hydrogen) atoms. The highest BCUT2D eigenvalue weighted by Gasteiger charge is 2.30. The molecular formula is C23H24N4O. The van der Waals surface area contributed by atoms with Crippen LogP contribution in [0.5, 0.6) is 0 Å². The Hall–Kier alpha value is -2.92. The van der Waals surface area contributed by atoms with Crippen LogP contribution in [0.1, 0.15) is 12.5 Å². The van der Waals surface area contributed by atoms with E-state index in [0.29, 0.717) is 6.04 Å². The number of para-hydroxylation sites is 1. The van der Waals surface area contributed by atoms with Gasteiger partial charge in [-0.3, -0.25) is 0 Å². The molecule has 1 atom stereocenters. The summed E-state index contributed by atoms with van der Waals surface area (Å²) in [5.74, 6) is 1.75. The summed E-state index contributed by atoms with van der Waals surface area (Å²) in [7, 11) is 0. The predicted molar refractivity (Wildman–Crippen MR) is 112 cm³/mol. The molecule has 0 radical (unpaired) electrons. The molecule has 5 nitrogen and oxygen atoms in total. The van der Waals surface area contributed by atoms with Gasteiger partial charge in [0.1, 0.15) is 5.82 Å². The Morgan fingerprint density at radius 3 is 2.50 bits per heavy atom. The van der Waals surface area contributed by atoms with E-state index >= 15 is 0 Å². The minimum atomic E-state index is 0.334. The number of morpholine rings is 1. The van der Waals surface area contributed by atoms with Crippen molar-refractivity contribution in [2.75, 3.05) is 36.1 Å². The van der Waals surface area contributed by atoms with Crippen LogP contribution in [0.15, 0.2) is 60.7 Å². The van der Waals surface area contributed by atoms with Crippen LogP contribution in [0, 0.1) is 0 Å². The fourth-order valence-corrected chi connectivity index (χ4v) is 4.11. The van der Waals surface area contributed by atoms with Gasteiger partial charge in [0.2, 0.25) is 5.95 Å². The molecule has 1 saturated heterocycles. The topological polar surface area (TPSA) is 41.5 Å². The standard InChI is InChI=1S/C23H24N4O/c1-17-15-19-9-5-6-10-21(19)27(17)23-24-20(18-7-3-2-4-8-18)16-22(25-23)26-11-13-28-14-12-26/h2-10,16-17H,11-15H2,1H3. The van der Waals surface area contributed by atoms with Crippen LogP contribution >= 0.6 is 0 Å². The number of hydrogen-bond acceptors (Lipinski definition) is 5. The van der Waals surface area contributed by atoms with E-state index in [-0.39, 0.29) is 0 Å². The Bertz CT molecular complexity index is 969. The fourth-order valence-electron chi connectivity index (χ4n) is 4.11. The van der Waals surface area contributed by atoms with Crippen LogP contribution in [-0.2, 0) is 11.2 Å². The summed E-state index contributed by atoms with van der Waals surface area (Å²) in [4.78, 5) is 14.6. The summed E-state index contributed by atoms with van der Waals surface area (Å²) < 4.78 is 5.53. The largest absolute Gasteiger partial charge is 0.378 e. The molecule has 5 rings (SSSR count). The maximum absolute atomic E-state index is 5.53. The molecule has 1 fully saturated rings. The molecule has 1 unspecified atom stereocenters. The average molecular weight is 372 g/mol. The zero-order valence-corrected chi connectivity index (χ0v) is 16.1. The van der Waals surface area contributed by atoms with Crippen molar-refractivity contribution in [1.82, 2.24) is 9.97 Å². The monoisotopic (exact) mass is 372 g/mol. The first-order valence-electron chi connectivity index (χ1n) is 9.94. The van der Waals surface area contributed by atoms with Crippen molar-refractivity contribution in [3.63, 3.8) is 0 Å². The number of aromatic nitrogens is 2. The molecular weight excluding hydrogens is 348 g/mol. The SMILES string of the molecule is CC1Cc2ccccc2N1c1nc(-c2ccccc2)cc(N2CCOCC2)n1. The van der Waals surface area contributed by atoms with Crippen LogP contribution in [0.4, 0.5) is 17.5 Å². The van der Waals surface area contributed by atoms with Gasteiger partial charge in [0.15, 0.2) is 0 Å². The molecule has 142 valence electrons. The molecule has 0 bridgehead atoms. The van der Waals surface area contributed by atoms with E-state index in [1.165, 1.54) is 11.3 Å². The zero-order valence-electron chi connectivity index (χ0n) is 16.1. The molecule has 0 spiro atoms. The minimum Gasteiger partial charge on any atom is -0.378 e. The molecule has 2 aliphatic heterocycles. The maximum Gasteiger partial charge on any atom is 0.232 e. The summed E-state index contributed by atoms with van der Waals surface area (Å²) in [6.07, 6.45) is 1.02. The van der Waals surface area contributed by atoms with Crippen molar-refractivity contribution in [1.29, 1.82) is 0 Å². The molecule has 0 saturated carbocycles. The number of rotatable bonds is 3. The number of ether oxygens (including phenoxy) is 1. The van der Waals surface area contributed by atoms with E-state index in [1.54, 1.807) is 0 Å². The zero-order chi connectivity index (χ0) is 18.9. The van der Waals surface area contributed by atoms with Crippen LogP contribution in [0.3, 0.4) is 0 Å². The normalized spacial score (nSPS) is 19.0. The Labute approximate surface area is 165 Å². The van der Waals surface area contributed by atoms with Gasteiger partial charge < -0.3 is 14.5 Å². The maximum atomic E-state index is 5.53. The highest BCUT2D eigenvalue weighted by Crippen LogP contribution is 2.38. The van der Waals surface area contributed by atoms with Gasteiger partial charge in [-0.25, -0.2) is 4.98 Å². The third kappa shape index (κ3) is 3.12. The first-order valence-corrected chi connectivity index (χ1v) is 9.94. The van der Waals surface area contributed by atoms with Crippen LogP contribution in [0.25, 0.3) is 11.3 Å². The second-order valence-corrected chi connectivity index (χ2v) is 7.43. The second kappa shape index (κ2) is 7.24. The summed E-state index contributed by atoms with van der Waals surface area (Å²) in [6, 6.07) is 21.4. The minimum absolute atomic E-state index is 0.334. The third-order valence-corrected chi connectivity index (χ3v) is 5.53. The number of fused-ring (bicyclic) bond motifs is 1. The summed E-state index contributed by atoms with van der Waals surface area (Å²) in [5.41, 5.74) is 4.65. The number of hydrogen-bond donors (Lipinski definition) is 0. The van der Waals surface area contributed by atoms with Crippen molar-refractivity contribution >= 4 is 17.5 Å². The number of benzene rings is 2. The van der Waals surface area contributed by atoms with Crippen molar-refractivity contribution in [3.05, 3.63) is 66.2 Å². The van der Waals surface area contributed by atoms with E-state index in [0.717, 1.165) is 55.7 Å². The van der Waals surface area contributed by atoms with Gasteiger partial charge >= 0.3 is 0 Å². The molecule has 3 heterocycles. The van der Waals surface area contributed by atoms with Gasteiger partial charge in [-0.2, -0.15) is 4.98 Å². The third-order valence-electron chi connectivity index (χ3n) is 5.53. The molecule has 5 heteroatoms. The molecule has 0 amide bonds. The van der Waals surface area contributed by atoms with E-state index in [4.69, 9.17) is 14.7 Å². The van der Waals surface area contributed by atoms with E-state index in [2.05, 4.69) is 71.3 Å². The van der Waals surface area contributed by atoms with Crippen LogP contribution < -0.4 is 9.80 Å². The summed E-state index contributed by atoms with van der Waals surface area (Å²) >= 11 is 0. The molecule has 0 aliphatic carbocycles. The Morgan fingerprint density at radius 1 is 0.929 bits per heavy atom. The quantitative estimate of drug-likeness (QED) is 0.693. The predicted octanol–water partition coefficient (Wildman–Crippen LogP) is 4.06. The van der Waals surface area contributed by atoms with Gasteiger partial charge in [-0.15, -0.1) is 0 Å². The van der Waals surface area contributed by atoms with Gasteiger partial charge in [-0.05, 0) is 25.0 Å². The molecule has 0 N–H and O–H groups in total. The first-order chi connectivity index (χ1) is 13.8. The lowest BCUT2D eigenvalue weighted by Crippen LogP contribution is -2.37. The number of nitrogens with zero attached hydrogens (tertiary/aromatic N) is 4. The van der Waals surface area contributed by atoms with Crippen molar-refractivity contribution in [2.45, 2.75) is 19.4 Å². The Morgan fingerprint density at radius 2 is 1.68 bits per heavy atom.